The lowest BCUT2D eigenvalue weighted by Crippen LogP contribution is -2.38. The van der Waals surface area contributed by atoms with Crippen molar-refractivity contribution >= 4 is 17.4 Å². The van der Waals surface area contributed by atoms with E-state index in [1.54, 1.807) is 10.7 Å². The molecule has 1 aromatic carbocycles. The maximum Gasteiger partial charge on any atom is 0.256 e. The smallest absolute Gasteiger partial charge is 0.256 e. The number of rotatable bonds is 4. The number of amides is 1. The molecule has 29 heavy (non-hydrogen) atoms. The van der Waals surface area contributed by atoms with Gasteiger partial charge in [-0.25, -0.2) is 9.50 Å². The van der Waals surface area contributed by atoms with E-state index < -0.39 is 0 Å². The second kappa shape index (κ2) is 7.48. The molecule has 2 heterocycles. The molecule has 2 aliphatic carbocycles. The Morgan fingerprint density at radius 2 is 1.93 bits per heavy atom. The maximum atomic E-state index is 12.8. The third-order valence-corrected chi connectivity index (χ3v) is 6.10. The quantitative estimate of drug-likeness (QED) is 0.636. The van der Waals surface area contributed by atoms with Crippen molar-refractivity contribution in [3.8, 4) is 0 Å². The topological polar surface area (TPSA) is 91.5 Å². The van der Waals surface area contributed by atoms with Gasteiger partial charge in [0, 0.05) is 12.2 Å². The molecule has 0 radical (unpaired) electrons. The van der Waals surface area contributed by atoms with Crippen molar-refractivity contribution < 1.29 is 9.90 Å². The first-order valence-corrected chi connectivity index (χ1v) is 10.3. The lowest BCUT2D eigenvalue weighted by atomic mass is 9.93. The van der Waals surface area contributed by atoms with E-state index in [0.717, 1.165) is 44.3 Å². The average Bonchev–Trinajstić information content (AvgIpc) is 3.34. The average molecular weight is 391 g/mol. The number of hydrogen-bond acceptors (Lipinski definition) is 5. The lowest BCUT2D eigenvalue weighted by Gasteiger charge is -2.25. The summed E-state index contributed by atoms with van der Waals surface area (Å²) in [7, 11) is 0. The molecule has 0 aliphatic heterocycles. The van der Waals surface area contributed by atoms with Gasteiger partial charge >= 0.3 is 0 Å². The van der Waals surface area contributed by atoms with Crippen molar-refractivity contribution in [2.45, 2.75) is 56.7 Å². The SMILES string of the molecule is O=C(N[C@H]1CC[C@H](O)CC1)c1cnn2ccc(NC3CCc4ccccc43)nc12. The highest BCUT2D eigenvalue weighted by molar-refractivity contribution is 5.99. The van der Waals surface area contributed by atoms with Gasteiger partial charge in [0.2, 0.25) is 0 Å². The number of nitrogens with zero attached hydrogens (tertiary/aromatic N) is 3. The van der Waals surface area contributed by atoms with Gasteiger partial charge in [-0.2, -0.15) is 5.10 Å². The minimum Gasteiger partial charge on any atom is -0.393 e. The normalized spacial score (nSPS) is 23.7. The molecule has 1 unspecified atom stereocenters. The molecule has 1 fully saturated rings. The molecule has 0 spiro atoms. The van der Waals surface area contributed by atoms with Crippen molar-refractivity contribution in [3.63, 3.8) is 0 Å². The van der Waals surface area contributed by atoms with Crippen LogP contribution < -0.4 is 10.6 Å². The summed E-state index contributed by atoms with van der Waals surface area (Å²) >= 11 is 0. The molecule has 3 N–H and O–H groups in total. The van der Waals surface area contributed by atoms with Crippen LogP contribution in [0.3, 0.4) is 0 Å². The van der Waals surface area contributed by atoms with Crippen molar-refractivity contribution in [1.29, 1.82) is 0 Å². The fourth-order valence-electron chi connectivity index (χ4n) is 4.48. The van der Waals surface area contributed by atoms with Gasteiger partial charge in [0.25, 0.3) is 5.91 Å². The van der Waals surface area contributed by atoms with Gasteiger partial charge in [-0.1, -0.05) is 24.3 Å². The number of nitrogens with one attached hydrogen (secondary N) is 2. The maximum absolute atomic E-state index is 12.8. The number of hydrogen-bond donors (Lipinski definition) is 3. The van der Waals surface area contributed by atoms with Crippen LogP contribution in [0, 0.1) is 0 Å². The van der Waals surface area contributed by atoms with Crippen LogP contribution in [0.2, 0.25) is 0 Å². The molecule has 7 nitrogen and oxygen atoms in total. The first kappa shape index (κ1) is 18.1. The zero-order valence-corrected chi connectivity index (χ0v) is 16.2. The van der Waals surface area contributed by atoms with Crippen LogP contribution in [0.15, 0.2) is 42.7 Å². The Hall–Kier alpha value is -2.93. The molecular weight excluding hydrogens is 366 g/mol. The van der Waals surface area contributed by atoms with Gasteiger partial charge in [-0.3, -0.25) is 4.79 Å². The van der Waals surface area contributed by atoms with Crippen molar-refractivity contribution in [2.75, 3.05) is 5.32 Å². The Balaban J connectivity index is 1.34. The van der Waals surface area contributed by atoms with E-state index in [2.05, 4.69) is 45.0 Å². The number of aliphatic hydroxyl groups is 1. The molecule has 2 aromatic heterocycles. The molecule has 0 saturated heterocycles. The van der Waals surface area contributed by atoms with Crippen molar-refractivity contribution in [1.82, 2.24) is 19.9 Å². The highest BCUT2D eigenvalue weighted by Gasteiger charge is 2.24. The van der Waals surface area contributed by atoms with E-state index in [4.69, 9.17) is 0 Å². The molecule has 2 aliphatic rings. The standard InChI is InChI=1S/C22H25N5O2/c28-16-8-6-15(7-9-16)24-22(29)18-13-23-27-12-11-20(26-21(18)27)25-19-10-5-14-3-1-2-4-17(14)19/h1-4,11-13,15-16,19,28H,5-10H2,(H,24,29)(H,25,26)/t15-,16-,19?. The highest BCUT2D eigenvalue weighted by Crippen LogP contribution is 2.33. The van der Waals surface area contributed by atoms with Crippen LogP contribution in [0.5, 0.6) is 0 Å². The van der Waals surface area contributed by atoms with E-state index in [9.17, 15) is 9.90 Å². The number of anilines is 1. The monoisotopic (exact) mass is 391 g/mol. The summed E-state index contributed by atoms with van der Waals surface area (Å²) in [5.74, 6) is 0.590. The number of fused-ring (bicyclic) bond motifs is 2. The zero-order valence-electron chi connectivity index (χ0n) is 16.2. The van der Waals surface area contributed by atoms with Gasteiger partial charge in [0.05, 0.1) is 18.3 Å². The van der Waals surface area contributed by atoms with Crippen molar-refractivity contribution in [2.24, 2.45) is 0 Å². The molecule has 1 saturated carbocycles. The van der Waals surface area contributed by atoms with Gasteiger partial charge < -0.3 is 15.7 Å². The third-order valence-electron chi connectivity index (χ3n) is 6.10. The first-order valence-electron chi connectivity index (χ1n) is 10.3. The Labute approximate surface area is 169 Å². The Kier molecular flexibility index (Phi) is 4.67. The van der Waals surface area contributed by atoms with Gasteiger partial charge in [-0.05, 0) is 55.7 Å². The second-order valence-electron chi connectivity index (χ2n) is 8.05. The second-order valence-corrected chi connectivity index (χ2v) is 8.05. The van der Waals surface area contributed by atoms with Crippen LogP contribution in [-0.2, 0) is 6.42 Å². The molecule has 3 aromatic rings. The van der Waals surface area contributed by atoms with E-state index in [1.165, 1.54) is 11.1 Å². The van der Waals surface area contributed by atoms with Crippen molar-refractivity contribution in [3.05, 3.63) is 59.4 Å². The van der Waals surface area contributed by atoms with Crippen LogP contribution in [0.4, 0.5) is 5.82 Å². The summed E-state index contributed by atoms with van der Waals surface area (Å²) in [5.41, 5.74) is 3.73. The molecule has 1 amide bonds. The van der Waals surface area contributed by atoms with Crippen LogP contribution in [0.25, 0.3) is 5.65 Å². The minimum absolute atomic E-state index is 0.0946. The Morgan fingerprint density at radius 3 is 2.79 bits per heavy atom. The Bertz CT molecular complexity index is 1040. The summed E-state index contributed by atoms with van der Waals surface area (Å²) in [5, 5.41) is 20.5. The molecular formula is C22H25N5O2. The van der Waals surface area contributed by atoms with E-state index in [-0.39, 0.29) is 24.1 Å². The number of aryl methyl sites for hydroxylation is 1. The predicted octanol–water partition coefficient (Wildman–Crippen LogP) is 2.86. The van der Waals surface area contributed by atoms with Crippen LogP contribution >= 0.6 is 0 Å². The third kappa shape index (κ3) is 3.58. The number of carbonyl (C=O) groups is 1. The zero-order chi connectivity index (χ0) is 19.8. The fraction of sp³-hybridized carbons (Fsp3) is 0.409. The summed E-state index contributed by atoms with van der Waals surface area (Å²) in [6.45, 7) is 0. The first-order chi connectivity index (χ1) is 14.2. The number of aliphatic hydroxyl groups excluding tert-OH is 1. The summed E-state index contributed by atoms with van der Waals surface area (Å²) < 4.78 is 1.63. The van der Waals surface area contributed by atoms with E-state index >= 15 is 0 Å². The number of benzene rings is 1. The van der Waals surface area contributed by atoms with Gasteiger partial charge in [-0.15, -0.1) is 0 Å². The Morgan fingerprint density at radius 1 is 1.10 bits per heavy atom. The largest absolute Gasteiger partial charge is 0.393 e. The number of aromatic nitrogens is 3. The molecule has 0 bridgehead atoms. The molecule has 150 valence electrons. The van der Waals surface area contributed by atoms with Crippen LogP contribution in [-0.4, -0.2) is 37.8 Å². The van der Waals surface area contributed by atoms with Crippen LogP contribution in [0.1, 0.15) is 59.6 Å². The molecule has 5 rings (SSSR count). The fourth-order valence-corrected chi connectivity index (χ4v) is 4.48. The number of carbonyl (C=O) groups excluding carboxylic acids is 1. The molecule has 1 atom stereocenters. The van der Waals surface area contributed by atoms with Gasteiger partial charge in [0.15, 0.2) is 5.65 Å². The summed E-state index contributed by atoms with van der Waals surface area (Å²) in [6.07, 6.45) is 8.32. The van der Waals surface area contributed by atoms with Gasteiger partial charge in [0.1, 0.15) is 11.4 Å². The lowest BCUT2D eigenvalue weighted by molar-refractivity contribution is 0.0869. The summed E-state index contributed by atoms with van der Waals surface area (Å²) in [4.78, 5) is 17.5. The minimum atomic E-state index is -0.240. The predicted molar refractivity (Wildman–Crippen MR) is 110 cm³/mol. The molecule has 7 heteroatoms. The van der Waals surface area contributed by atoms with E-state index in [1.807, 2.05) is 12.3 Å². The highest BCUT2D eigenvalue weighted by atomic mass is 16.3. The van der Waals surface area contributed by atoms with E-state index in [0.29, 0.717) is 11.2 Å². The summed E-state index contributed by atoms with van der Waals surface area (Å²) in [6, 6.07) is 10.7.